The molecule has 0 bridgehead atoms. The van der Waals surface area contributed by atoms with E-state index in [2.05, 4.69) is 19.2 Å². The van der Waals surface area contributed by atoms with Crippen molar-refractivity contribution in [3.63, 3.8) is 0 Å². The van der Waals surface area contributed by atoms with Crippen molar-refractivity contribution in [1.29, 1.82) is 0 Å². The first kappa shape index (κ1) is 18.0. The molecule has 2 aromatic carbocycles. The van der Waals surface area contributed by atoms with E-state index >= 15 is 0 Å². The number of nitrogens with zero attached hydrogens (tertiary/aromatic N) is 1. The Balaban J connectivity index is 1.70. The number of hydrogen-bond donors (Lipinski definition) is 1. The predicted molar refractivity (Wildman–Crippen MR) is 101 cm³/mol. The van der Waals surface area contributed by atoms with Crippen LogP contribution in [0.5, 0.6) is 5.75 Å². The number of anilines is 1. The molecule has 0 aliphatic carbocycles. The summed E-state index contributed by atoms with van der Waals surface area (Å²) in [4.78, 5) is 26.8. The summed E-state index contributed by atoms with van der Waals surface area (Å²) in [6.07, 6.45) is 0.943. The van der Waals surface area contributed by atoms with E-state index < -0.39 is 12.1 Å². The third-order valence-corrected chi connectivity index (χ3v) is 4.58. The topological polar surface area (TPSA) is 58.6 Å². The lowest BCUT2D eigenvalue weighted by atomic mass is 10.0. The van der Waals surface area contributed by atoms with E-state index in [9.17, 15) is 9.59 Å². The van der Waals surface area contributed by atoms with Gasteiger partial charge in [-0.2, -0.15) is 0 Å². The SMILES string of the molecule is CC(C)c1ccccc1NC(=O)[C@H]1CCCN1C(=O)Oc1ccccc1. The standard InChI is InChI=1S/C21H24N2O3/c1-15(2)17-11-6-7-12-18(17)22-20(24)19-13-8-14-23(19)21(25)26-16-9-4-3-5-10-16/h3-7,9-12,15,19H,8,13-14H2,1-2H3,(H,22,24)/t19-/m1/s1. The summed E-state index contributed by atoms with van der Waals surface area (Å²) in [5.41, 5.74) is 1.88. The van der Waals surface area contributed by atoms with E-state index in [4.69, 9.17) is 4.74 Å². The van der Waals surface area contributed by atoms with Crippen molar-refractivity contribution in [3.8, 4) is 5.75 Å². The molecule has 0 radical (unpaired) electrons. The number of ether oxygens (including phenoxy) is 1. The van der Waals surface area contributed by atoms with Gasteiger partial charge < -0.3 is 10.1 Å². The lowest BCUT2D eigenvalue weighted by Crippen LogP contribution is -2.44. The van der Waals surface area contributed by atoms with Gasteiger partial charge in [0.05, 0.1) is 0 Å². The van der Waals surface area contributed by atoms with Crippen molar-refractivity contribution in [2.45, 2.75) is 38.6 Å². The third-order valence-electron chi connectivity index (χ3n) is 4.58. The zero-order chi connectivity index (χ0) is 18.5. The van der Waals surface area contributed by atoms with Crippen molar-refractivity contribution >= 4 is 17.7 Å². The predicted octanol–water partition coefficient (Wildman–Crippen LogP) is 4.41. The molecular formula is C21H24N2O3. The molecule has 0 saturated carbocycles. The molecule has 0 aromatic heterocycles. The minimum Gasteiger partial charge on any atom is -0.410 e. The molecule has 1 saturated heterocycles. The van der Waals surface area contributed by atoms with Crippen LogP contribution >= 0.6 is 0 Å². The van der Waals surface area contributed by atoms with Crippen molar-refractivity contribution < 1.29 is 14.3 Å². The van der Waals surface area contributed by atoms with Crippen LogP contribution in [0.2, 0.25) is 0 Å². The van der Waals surface area contributed by atoms with Crippen LogP contribution in [-0.4, -0.2) is 29.5 Å². The van der Waals surface area contributed by atoms with Crippen LogP contribution in [0, 0.1) is 0 Å². The lowest BCUT2D eigenvalue weighted by molar-refractivity contribution is -0.119. The fourth-order valence-corrected chi connectivity index (χ4v) is 3.24. The van der Waals surface area contributed by atoms with Crippen LogP contribution in [0.15, 0.2) is 54.6 Å². The number of nitrogens with one attached hydrogen (secondary N) is 1. The lowest BCUT2D eigenvalue weighted by Gasteiger charge is -2.24. The van der Waals surface area contributed by atoms with Crippen LogP contribution in [0.25, 0.3) is 0 Å². The summed E-state index contributed by atoms with van der Waals surface area (Å²) in [6.45, 7) is 4.70. The Morgan fingerprint density at radius 1 is 1.08 bits per heavy atom. The molecule has 1 aliphatic heterocycles. The number of carbonyl (C=O) groups is 2. The number of carbonyl (C=O) groups excluding carboxylic acids is 2. The van der Waals surface area contributed by atoms with Crippen molar-refractivity contribution in [2.24, 2.45) is 0 Å². The van der Waals surface area contributed by atoms with Crippen LogP contribution in [0.1, 0.15) is 38.2 Å². The van der Waals surface area contributed by atoms with E-state index in [-0.39, 0.29) is 5.91 Å². The second-order valence-corrected chi connectivity index (χ2v) is 6.76. The third kappa shape index (κ3) is 4.04. The Labute approximate surface area is 154 Å². The molecule has 1 heterocycles. The molecule has 0 spiro atoms. The van der Waals surface area contributed by atoms with Gasteiger partial charge in [0.15, 0.2) is 0 Å². The number of benzene rings is 2. The Bertz CT molecular complexity index is 774. The van der Waals surface area contributed by atoms with Crippen LogP contribution in [-0.2, 0) is 4.79 Å². The van der Waals surface area contributed by atoms with E-state index in [1.54, 1.807) is 24.3 Å². The first-order valence-corrected chi connectivity index (χ1v) is 8.99. The fourth-order valence-electron chi connectivity index (χ4n) is 3.24. The van der Waals surface area contributed by atoms with Gasteiger partial charge in [0.25, 0.3) is 0 Å². The molecule has 5 heteroatoms. The molecule has 1 atom stereocenters. The Morgan fingerprint density at radius 3 is 2.50 bits per heavy atom. The number of rotatable bonds is 4. The number of hydrogen-bond acceptors (Lipinski definition) is 3. The Hall–Kier alpha value is -2.82. The van der Waals surface area contributed by atoms with Crippen LogP contribution < -0.4 is 10.1 Å². The second-order valence-electron chi connectivity index (χ2n) is 6.76. The number of amides is 2. The highest BCUT2D eigenvalue weighted by Crippen LogP contribution is 2.26. The number of likely N-dealkylation sites (tertiary alicyclic amines) is 1. The van der Waals surface area contributed by atoms with E-state index in [1.165, 1.54) is 4.90 Å². The first-order valence-electron chi connectivity index (χ1n) is 8.99. The monoisotopic (exact) mass is 352 g/mol. The molecule has 5 nitrogen and oxygen atoms in total. The molecule has 3 rings (SSSR count). The zero-order valence-electron chi connectivity index (χ0n) is 15.1. The summed E-state index contributed by atoms with van der Waals surface area (Å²) in [6, 6.07) is 16.2. The van der Waals surface area contributed by atoms with Crippen molar-refractivity contribution in [3.05, 3.63) is 60.2 Å². The molecular weight excluding hydrogens is 328 g/mol. The highest BCUT2D eigenvalue weighted by molar-refractivity contribution is 5.97. The summed E-state index contributed by atoms with van der Waals surface area (Å²) in [5, 5.41) is 2.99. The fraction of sp³-hybridized carbons (Fsp3) is 0.333. The van der Waals surface area contributed by atoms with Gasteiger partial charge in [-0.15, -0.1) is 0 Å². The molecule has 1 aliphatic rings. The maximum Gasteiger partial charge on any atom is 0.415 e. The van der Waals surface area contributed by atoms with Gasteiger partial charge in [0.1, 0.15) is 11.8 Å². The van der Waals surface area contributed by atoms with Gasteiger partial charge >= 0.3 is 6.09 Å². The maximum absolute atomic E-state index is 12.8. The van der Waals surface area contributed by atoms with Crippen LogP contribution in [0.4, 0.5) is 10.5 Å². The summed E-state index contributed by atoms with van der Waals surface area (Å²) < 4.78 is 5.40. The van der Waals surface area contributed by atoms with Gasteiger partial charge in [0.2, 0.25) is 5.91 Å². The highest BCUT2D eigenvalue weighted by Gasteiger charge is 2.35. The molecule has 26 heavy (non-hydrogen) atoms. The summed E-state index contributed by atoms with van der Waals surface area (Å²) >= 11 is 0. The van der Waals surface area contributed by atoms with E-state index in [0.29, 0.717) is 24.6 Å². The molecule has 136 valence electrons. The molecule has 2 amide bonds. The minimum absolute atomic E-state index is 0.166. The maximum atomic E-state index is 12.8. The largest absolute Gasteiger partial charge is 0.415 e. The smallest absolute Gasteiger partial charge is 0.410 e. The normalized spacial score (nSPS) is 16.6. The Morgan fingerprint density at radius 2 is 1.77 bits per heavy atom. The average molecular weight is 352 g/mol. The van der Waals surface area contributed by atoms with Gasteiger partial charge in [-0.25, -0.2) is 4.79 Å². The van der Waals surface area contributed by atoms with Gasteiger partial charge in [-0.1, -0.05) is 50.2 Å². The highest BCUT2D eigenvalue weighted by atomic mass is 16.6. The quantitative estimate of drug-likeness (QED) is 0.886. The second kappa shape index (κ2) is 8.04. The summed E-state index contributed by atoms with van der Waals surface area (Å²) in [7, 11) is 0. The molecule has 1 N–H and O–H groups in total. The first-order chi connectivity index (χ1) is 12.6. The molecule has 1 fully saturated rings. The average Bonchev–Trinajstić information content (AvgIpc) is 3.13. The van der Waals surface area contributed by atoms with Gasteiger partial charge in [-0.05, 0) is 42.5 Å². The van der Waals surface area contributed by atoms with Crippen molar-refractivity contribution in [1.82, 2.24) is 4.90 Å². The molecule has 2 aromatic rings. The van der Waals surface area contributed by atoms with Gasteiger partial charge in [0, 0.05) is 12.2 Å². The van der Waals surface area contributed by atoms with Gasteiger partial charge in [-0.3, -0.25) is 9.69 Å². The number of para-hydroxylation sites is 2. The van der Waals surface area contributed by atoms with E-state index in [0.717, 1.165) is 17.7 Å². The zero-order valence-corrected chi connectivity index (χ0v) is 15.1. The molecule has 0 unspecified atom stereocenters. The minimum atomic E-state index is -0.508. The summed E-state index contributed by atoms with van der Waals surface area (Å²) in [5.74, 6) is 0.614. The van der Waals surface area contributed by atoms with E-state index in [1.807, 2.05) is 30.3 Å². The Kier molecular flexibility index (Phi) is 5.56. The van der Waals surface area contributed by atoms with Crippen molar-refractivity contribution in [2.75, 3.05) is 11.9 Å². The van der Waals surface area contributed by atoms with Crippen LogP contribution in [0.3, 0.4) is 0 Å².